The quantitative estimate of drug-likeness (QED) is 0.294. The predicted octanol–water partition coefficient (Wildman–Crippen LogP) is 4.93. The van der Waals surface area contributed by atoms with Gasteiger partial charge in [0, 0.05) is 17.3 Å². The molecule has 174 valence electrons. The molecular weight excluding hydrogens is 452 g/mol. The fourth-order valence-corrected chi connectivity index (χ4v) is 4.10. The topological polar surface area (TPSA) is 105 Å². The first-order chi connectivity index (χ1) is 16.1. The van der Waals surface area contributed by atoms with E-state index in [1.165, 1.54) is 37.5 Å². The first-order valence-electron chi connectivity index (χ1n) is 10.3. The molecule has 3 aromatic rings. The van der Waals surface area contributed by atoms with Crippen molar-refractivity contribution < 1.29 is 22.1 Å². The molecule has 0 aromatic heterocycles. The third-order valence-corrected chi connectivity index (χ3v) is 6.27. The van der Waals surface area contributed by atoms with Crippen LogP contribution < -0.4 is 14.2 Å². The van der Waals surface area contributed by atoms with Crippen LogP contribution in [0.25, 0.3) is 6.08 Å². The summed E-state index contributed by atoms with van der Waals surface area (Å²) in [5, 5.41) is 12.3. The van der Waals surface area contributed by atoms with Crippen LogP contribution in [0.4, 0.5) is 5.69 Å². The maximum absolute atomic E-state index is 12.8. The Morgan fingerprint density at radius 3 is 2.26 bits per heavy atom. The van der Waals surface area contributed by atoms with Crippen LogP contribution in [-0.2, 0) is 14.9 Å². The number of hydrogen-bond acceptors (Lipinski definition) is 6. The van der Waals surface area contributed by atoms with Gasteiger partial charge in [-0.25, -0.2) is 0 Å². The number of carbonyl (C=O) groups excluding carboxylic acids is 1. The highest BCUT2D eigenvalue weighted by Gasteiger charge is 2.20. The van der Waals surface area contributed by atoms with Crippen molar-refractivity contribution in [3.63, 3.8) is 0 Å². The number of amides is 1. The molecule has 0 bridgehead atoms. The molecule has 0 atom stereocenters. The Hall–Kier alpha value is -4.09. The second-order valence-electron chi connectivity index (χ2n) is 7.70. The minimum absolute atomic E-state index is 0.0241. The number of carbonyl (C=O) groups is 1. The van der Waals surface area contributed by atoms with Gasteiger partial charge in [0.05, 0.1) is 7.11 Å². The molecule has 0 aliphatic heterocycles. The minimum atomic E-state index is -4.17. The van der Waals surface area contributed by atoms with Gasteiger partial charge >= 0.3 is 10.1 Å². The number of benzene rings is 3. The predicted molar refractivity (Wildman–Crippen MR) is 130 cm³/mol. The summed E-state index contributed by atoms with van der Waals surface area (Å²) in [4.78, 5) is 12.7. The number of nitrogens with zero attached hydrogens (tertiary/aromatic N) is 1. The maximum Gasteiger partial charge on any atom is 0.339 e. The Bertz CT molecular complexity index is 1400. The number of nitrogens with one attached hydrogen (secondary N) is 1. The standard InChI is InChI=1S/C26H24N2O5S/c1-17-5-10-23(11-6-17)34(30,31)33-25-15-22(32-4)9-8-20(25)14-21(16-27)26(29)28-24-12-7-18(2)13-19(24)3/h5-15H,1-4H3,(H,28,29)/b21-14+. The Morgan fingerprint density at radius 2 is 1.65 bits per heavy atom. The molecule has 0 aliphatic carbocycles. The Labute approximate surface area is 199 Å². The number of nitriles is 1. The van der Waals surface area contributed by atoms with Gasteiger partial charge in [0.15, 0.2) is 5.75 Å². The van der Waals surface area contributed by atoms with Crippen molar-refractivity contribution in [3.8, 4) is 17.6 Å². The van der Waals surface area contributed by atoms with Gasteiger partial charge < -0.3 is 14.2 Å². The van der Waals surface area contributed by atoms with E-state index < -0.39 is 16.0 Å². The second-order valence-corrected chi connectivity index (χ2v) is 9.24. The fraction of sp³-hybridized carbons (Fsp3) is 0.154. The SMILES string of the molecule is COc1ccc(/C=C(\C#N)C(=O)Nc2ccc(C)cc2C)c(OS(=O)(=O)c2ccc(C)cc2)c1. The zero-order chi connectivity index (χ0) is 24.9. The molecule has 34 heavy (non-hydrogen) atoms. The van der Waals surface area contributed by atoms with Crippen LogP contribution in [0.2, 0.25) is 0 Å². The second kappa shape index (κ2) is 10.2. The van der Waals surface area contributed by atoms with E-state index in [2.05, 4.69) is 5.32 Å². The van der Waals surface area contributed by atoms with E-state index in [0.717, 1.165) is 16.7 Å². The number of hydrogen-bond donors (Lipinski definition) is 1. The fourth-order valence-electron chi connectivity index (χ4n) is 3.15. The van der Waals surface area contributed by atoms with Crippen LogP contribution in [0.1, 0.15) is 22.3 Å². The van der Waals surface area contributed by atoms with Gasteiger partial charge in [0.25, 0.3) is 5.91 Å². The van der Waals surface area contributed by atoms with Crippen molar-refractivity contribution in [3.05, 3.63) is 88.5 Å². The van der Waals surface area contributed by atoms with Crippen LogP contribution in [-0.4, -0.2) is 21.4 Å². The lowest BCUT2D eigenvalue weighted by Crippen LogP contribution is -2.14. The van der Waals surface area contributed by atoms with E-state index in [9.17, 15) is 18.5 Å². The molecule has 8 heteroatoms. The van der Waals surface area contributed by atoms with Gasteiger partial charge in [-0.3, -0.25) is 4.79 Å². The summed E-state index contributed by atoms with van der Waals surface area (Å²) in [5.41, 5.74) is 3.37. The molecule has 0 heterocycles. The molecule has 1 N–H and O–H groups in total. The molecule has 0 saturated heterocycles. The van der Waals surface area contributed by atoms with E-state index in [1.807, 2.05) is 39.0 Å². The van der Waals surface area contributed by atoms with E-state index in [4.69, 9.17) is 8.92 Å². The van der Waals surface area contributed by atoms with E-state index >= 15 is 0 Å². The van der Waals surface area contributed by atoms with Gasteiger partial charge in [-0.1, -0.05) is 35.4 Å². The molecule has 0 radical (unpaired) electrons. The van der Waals surface area contributed by atoms with E-state index in [1.54, 1.807) is 24.3 Å². The third kappa shape index (κ3) is 5.82. The van der Waals surface area contributed by atoms with Gasteiger partial charge in [0.2, 0.25) is 0 Å². The highest BCUT2D eigenvalue weighted by Crippen LogP contribution is 2.30. The average Bonchev–Trinajstić information content (AvgIpc) is 2.80. The number of ether oxygens (including phenoxy) is 1. The maximum atomic E-state index is 12.8. The van der Waals surface area contributed by atoms with Crippen molar-refractivity contribution in [2.75, 3.05) is 12.4 Å². The molecule has 3 rings (SSSR count). The average molecular weight is 477 g/mol. The van der Waals surface area contributed by atoms with Crippen LogP contribution >= 0.6 is 0 Å². The smallest absolute Gasteiger partial charge is 0.339 e. The zero-order valence-electron chi connectivity index (χ0n) is 19.2. The van der Waals surface area contributed by atoms with Gasteiger partial charge in [0.1, 0.15) is 22.3 Å². The Morgan fingerprint density at radius 1 is 0.971 bits per heavy atom. The van der Waals surface area contributed by atoms with E-state index in [0.29, 0.717) is 11.4 Å². The van der Waals surface area contributed by atoms with Gasteiger partial charge in [-0.05, 0) is 62.7 Å². The molecule has 0 saturated carbocycles. The summed E-state index contributed by atoms with van der Waals surface area (Å²) in [6.45, 7) is 5.63. The molecule has 3 aromatic carbocycles. The summed E-state index contributed by atoms with van der Waals surface area (Å²) in [6, 6.07) is 18.1. The summed E-state index contributed by atoms with van der Waals surface area (Å²) in [5.74, 6) is -0.353. The number of aryl methyl sites for hydroxylation is 3. The summed E-state index contributed by atoms with van der Waals surface area (Å²) in [7, 11) is -2.74. The van der Waals surface area contributed by atoms with Gasteiger partial charge in [-0.15, -0.1) is 0 Å². The Balaban J connectivity index is 1.97. The van der Waals surface area contributed by atoms with Crippen LogP contribution in [0.15, 0.2) is 71.1 Å². The molecule has 0 fully saturated rings. The van der Waals surface area contributed by atoms with Crippen LogP contribution in [0.3, 0.4) is 0 Å². The minimum Gasteiger partial charge on any atom is -0.497 e. The molecule has 1 amide bonds. The molecule has 0 spiro atoms. The monoisotopic (exact) mass is 476 g/mol. The van der Waals surface area contributed by atoms with Gasteiger partial charge in [-0.2, -0.15) is 13.7 Å². The molecule has 0 unspecified atom stereocenters. The van der Waals surface area contributed by atoms with Crippen molar-refractivity contribution in [2.24, 2.45) is 0 Å². The lowest BCUT2D eigenvalue weighted by molar-refractivity contribution is -0.112. The first kappa shape index (κ1) is 24.6. The van der Waals surface area contributed by atoms with Crippen molar-refractivity contribution >= 4 is 27.8 Å². The summed E-state index contributed by atoms with van der Waals surface area (Å²) < 4.78 is 36.2. The van der Waals surface area contributed by atoms with Crippen LogP contribution in [0, 0.1) is 32.1 Å². The lowest BCUT2D eigenvalue weighted by Gasteiger charge is -2.12. The normalized spacial score (nSPS) is 11.4. The van der Waals surface area contributed by atoms with Crippen molar-refractivity contribution in [2.45, 2.75) is 25.7 Å². The number of rotatable bonds is 7. The molecule has 0 aliphatic rings. The number of methoxy groups -OCH3 is 1. The first-order valence-corrected chi connectivity index (χ1v) is 11.7. The molecule has 7 nitrogen and oxygen atoms in total. The van der Waals surface area contributed by atoms with Crippen LogP contribution in [0.5, 0.6) is 11.5 Å². The number of anilines is 1. The van der Waals surface area contributed by atoms with Crippen molar-refractivity contribution in [1.82, 2.24) is 0 Å². The summed E-state index contributed by atoms with van der Waals surface area (Å²) in [6.07, 6.45) is 1.28. The summed E-state index contributed by atoms with van der Waals surface area (Å²) >= 11 is 0. The third-order valence-electron chi connectivity index (χ3n) is 5.02. The highest BCUT2D eigenvalue weighted by atomic mass is 32.2. The lowest BCUT2D eigenvalue weighted by atomic mass is 10.1. The van der Waals surface area contributed by atoms with E-state index in [-0.39, 0.29) is 21.8 Å². The highest BCUT2D eigenvalue weighted by molar-refractivity contribution is 7.87. The zero-order valence-corrected chi connectivity index (χ0v) is 20.1. The largest absolute Gasteiger partial charge is 0.497 e. The Kier molecular flexibility index (Phi) is 7.39. The van der Waals surface area contributed by atoms with Crippen molar-refractivity contribution in [1.29, 1.82) is 5.26 Å². The molecular formula is C26H24N2O5S.